The third kappa shape index (κ3) is 8.25. The van der Waals surface area contributed by atoms with Crippen molar-refractivity contribution in [3.63, 3.8) is 0 Å². The second-order valence-corrected chi connectivity index (χ2v) is 14.5. The van der Waals surface area contributed by atoms with Crippen molar-refractivity contribution in [2.24, 2.45) is 0 Å². The summed E-state index contributed by atoms with van der Waals surface area (Å²) in [4.78, 5) is 5.01. The monoisotopic (exact) mass is 768 g/mol. The Morgan fingerprint density at radius 1 is 0.571 bits per heavy atom. The Balaban J connectivity index is 0.000000168. The van der Waals surface area contributed by atoms with Crippen molar-refractivity contribution >= 4 is 61.2 Å². The predicted octanol–water partition coefficient (Wildman–Crippen LogP) is 12.3. The Hall–Kier alpha value is -2.65. The molecule has 6 rings (SSSR count). The molecule has 6 aromatic rings. The molecule has 0 aliphatic rings. The molecule has 0 spiro atoms. The van der Waals surface area contributed by atoms with E-state index in [0.717, 1.165) is 28.4 Å². The third-order valence-corrected chi connectivity index (χ3v) is 10.4. The van der Waals surface area contributed by atoms with E-state index < -0.39 is 0 Å². The minimum atomic E-state index is -0.194. The summed E-state index contributed by atoms with van der Waals surface area (Å²) in [5.41, 5.74) is 7.47. The normalized spacial score (nSPS) is 10.8. The standard InChI is InChI=1S/C18H14BrFS.C18H14FIS/c1-12-2-5-15(19)10-14(12)11-17-8-9-18(21-17)13-3-6-16(20)7-4-13;1-12-2-7-16(20)10-14(12)11-17-8-9-18(21-17)13-3-5-15(19)6-4-13/h2*2-10H,11H2,1H3. The molecule has 0 radical (unpaired) electrons. The van der Waals surface area contributed by atoms with Gasteiger partial charge in [-0.25, -0.2) is 8.78 Å². The van der Waals surface area contributed by atoms with Crippen LogP contribution in [0.15, 0.2) is 114 Å². The molecular formula is C36H28BrF2IS2. The second kappa shape index (κ2) is 14.2. The minimum absolute atomic E-state index is 0.190. The highest BCUT2D eigenvalue weighted by Gasteiger charge is 2.08. The van der Waals surface area contributed by atoms with Crippen molar-refractivity contribution in [3.05, 3.63) is 161 Å². The van der Waals surface area contributed by atoms with Crippen molar-refractivity contribution in [3.8, 4) is 20.9 Å². The number of thiophene rings is 2. The first-order valence-corrected chi connectivity index (χ1v) is 16.9. The molecule has 4 aromatic carbocycles. The van der Waals surface area contributed by atoms with Crippen LogP contribution in [0.5, 0.6) is 0 Å². The van der Waals surface area contributed by atoms with Gasteiger partial charge in [-0.15, -0.1) is 22.7 Å². The van der Waals surface area contributed by atoms with Gasteiger partial charge in [-0.1, -0.05) is 52.3 Å². The van der Waals surface area contributed by atoms with Gasteiger partial charge in [0.2, 0.25) is 0 Å². The highest BCUT2D eigenvalue weighted by atomic mass is 127. The smallest absolute Gasteiger partial charge is 0.123 e. The maximum Gasteiger partial charge on any atom is 0.123 e. The molecule has 0 aliphatic heterocycles. The molecule has 42 heavy (non-hydrogen) atoms. The molecule has 0 N–H and O–H groups in total. The van der Waals surface area contributed by atoms with E-state index in [1.165, 1.54) is 69.6 Å². The highest BCUT2D eigenvalue weighted by molar-refractivity contribution is 14.1. The maximum absolute atomic E-state index is 13.0. The van der Waals surface area contributed by atoms with Crippen LogP contribution in [0.4, 0.5) is 8.78 Å². The summed E-state index contributed by atoms with van der Waals surface area (Å²) in [6.07, 6.45) is 1.88. The summed E-state index contributed by atoms with van der Waals surface area (Å²) < 4.78 is 28.3. The summed E-state index contributed by atoms with van der Waals surface area (Å²) in [6.45, 7) is 4.29. The second-order valence-electron chi connectivity index (χ2n) is 10.0. The Morgan fingerprint density at radius 3 is 1.52 bits per heavy atom. The van der Waals surface area contributed by atoms with E-state index in [2.05, 4.69) is 113 Å². The molecule has 0 fully saturated rings. The van der Waals surface area contributed by atoms with Crippen molar-refractivity contribution in [1.82, 2.24) is 0 Å². The molecule has 0 atom stereocenters. The molecule has 0 saturated carbocycles. The fourth-order valence-corrected chi connectivity index (χ4v) is 7.56. The summed E-state index contributed by atoms with van der Waals surface area (Å²) in [5, 5.41) is 0. The van der Waals surface area contributed by atoms with Crippen LogP contribution in [-0.2, 0) is 12.8 Å². The topological polar surface area (TPSA) is 0 Å². The zero-order chi connectivity index (χ0) is 29.6. The lowest BCUT2D eigenvalue weighted by atomic mass is 10.1. The van der Waals surface area contributed by atoms with Crippen LogP contribution in [0, 0.1) is 29.1 Å². The van der Waals surface area contributed by atoms with Gasteiger partial charge in [0.15, 0.2) is 0 Å². The third-order valence-electron chi connectivity index (χ3n) is 6.93. The van der Waals surface area contributed by atoms with Gasteiger partial charge in [0.05, 0.1) is 0 Å². The van der Waals surface area contributed by atoms with E-state index in [9.17, 15) is 8.78 Å². The first-order valence-electron chi connectivity index (χ1n) is 13.4. The Morgan fingerprint density at radius 2 is 1.02 bits per heavy atom. The molecule has 0 aliphatic carbocycles. The maximum atomic E-state index is 13.0. The number of halogens is 4. The van der Waals surface area contributed by atoms with Crippen LogP contribution in [0.3, 0.4) is 0 Å². The quantitative estimate of drug-likeness (QED) is 0.148. The van der Waals surface area contributed by atoms with Gasteiger partial charge in [-0.2, -0.15) is 0 Å². The predicted molar refractivity (Wildman–Crippen MR) is 188 cm³/mol. The molecule has 0 saturated heterocycles. The van der Waals surface area contributed by atoms with E-state index in [1.807, 2.05) is 24.3 Å². The van der Waals surface area contributed by atoms with Crippen molar-refractivity contribution in [2.75, 3.05) is 0 Å². The van der Waals surface area contributed by atoms with E-state index in [4.69, 9.17) is 0 Å². The number of hydrogen-bond acceptors (Lipinski definition) is 2. The fourth-order valence-electron chi connectivity index (χ4n) is 4.52. The number of aryl methyl sites for hydroxylation is 2. The SMILES string of the molecule is Cc1ccc(Br)cc1Cc1ccc(-c2ccc(F)cc2)s1.Cc1ccc(I)cc1Cc1ccc(-c2ccc(F)cc2)s1. The Kier molecular flexibility index (Phi) is 10.4. The summed E-state index contributed by atoms with van der Waals surface area (Å²) in [6, 6.07) is 34.8. The van der Waals surface area contributed by atoms with Gasteiger partial charge in [0.25, 0.3) is 0 Å². The van der Waals surface area contributed by atoms with Gasteiger partial charge in [0, 0.05) is 40.4 Å². The lowest BCUT2D eigenvalue weighted by Gasteiger charge is -2.05. The van der Waals surface area contributed by atoms with E-state index in [-0.39, 0.29) is 11.6 Å². The zero-order valence-corrected chi connectivity index (χ0v) is 28.5. The van der Waals surface area contributed by atoms with Crippen LogP contribution in [0.1, 0.15) is 32.0 Å². The number of rotatable bonds is 6. The van der Waals surface area contributed by atoms with Crippen LogP contribution < -0.4 is 0 Å². The Bertz CT molecular complexity index is 1650. The highest BCUT2D eigenvalue weighted by Crippen LogP contribution is 2.32. The summed E-state index contributed by atoms with van der Waals surface area (Å²) >= 11 is 9.42. The zero-order valence-electron chi connectivity index (χ0n) is 23.1. The van der Waals surface area contributed by atoms with Crippen LogP contribution in [0.25, 0.3) is 20.9 Å². The summed E-state index contributed by atoms with van der Waals surface area (Å²) in [5.74, 6) is -0.384. The number of benzene rings is 4. The largest absolute Gasteiger partial charge is 0.207 e. The number of hydrogen-bond donors (Lipinski definition) is 0. The van der Waals surface area contributed by atoms with Crippen LogP contribution in [-0.4, -0.2) is 0 Å². The lowest BCUT2D eigenvalue weighted by Crippen LogP contribution is -1.90. The van der Waals surface area contributed by atoms with E-state index in [1.54, 1.807) is 22.7 Å². The molecule has 2 heterocycles. The lowest BCUT2D eigenvalue weighted by molar-refractivity contribution is 0.627. The molecule has 6 heteroatoms. The van der Waals surface area contributed by atoms with Crippen molar-refractivity contribution in [1.29, 1.82) is 0 Å². The van der Waals surface area contributed by atoms with Crippen LogP contribution in [0.2, 0.25) is 0 Å². The Labute approximate surface area is 276 Å². The van der Waals surface area contributed by atoms with Crippen molar-refractivity contribution in [2.45, 2.75) is 26.7 Å². The molecular weight excluding hydrogens is 741 g/mol. The van der Waals surface area contributed by atoms with Crippen LogP contribution >= 0.6 is 61.2 Å². The summed E-state index contributed by atoms with van der Waals surface area (Å²) in [7, 11) is 0. The molecule has 0 bridgehead atoms. The molecule has 0 nitrogen and oxygen atoms in total. The van der Waals surface area contributed by atoms with Gasteiger partial charge in [-0.3, -0.25) is 0 Å². The average Bonchev–Trinajstić information content (AvgIpc) is 3.64. The minimum Gasteiger partial charge on any atom is -0.207 e. The first kappa shape index (κ1) is 30.8. The molecule has 2 aromatic heterocycles. The molecule has 212 valence electrons. The van der Waals surface area contributed by atoms with E-state index in [0.29, 0.717) is 0 Å². The fraction of sp³-hybridized carbons (Fsp3) is 0.111. The molecule has 0 amide bonds. The van der Waals surface area contributed by atoms with Gasteiger partial charge < -0.3 is 0 Å². The van der Waals surface area contributed by atoms with Gasteiger partial charge in [-0.05, 0) is 143 Å². The average molecular weight is 770 g/mol. The van der Waals surface area contributed by atoms with Gasteiger partial charge >= 0.3 is 0 Å². The van der Waals surface area contributed by atoms with Crippen molar-refractivity contribution < 1.29 is 8.78 Å². The molecule has 0 unspecified atom stereocenters. The van der Waals surface area contributed by atoms with Gasteiger partial charge in [0.1, 0.15) is 11.6 Å². The first-order chi connectivity index (χ1) is 20.2. The van der Waals surface area contributed by atoms with E-state index >= 15 is 0 Å².